The summed E-state index contributed by atoms with van der Waals surface area (Å²) in [5.41, 5.74) is 6.68. The number of primary amides is 1. The minimum Gasteiger partial charge on any atom is -0.462 e. The number of aliphatic hydroxyl groups is 1. The zero-order valence-corrected chi connectivity index (χ0v) is 16.5. The van der Waals surface area contributed by atoms with Gasteiger partial charge in [-0.3, -0.25) is 14.9 Å². The smallest absolute Gasteiger partial charge is 0.341 e. The Hall–Kier alpha value is -2.75. The Morgan fingerprint density at radius 3 is 2.50 bits per heavy atom. The fraction of sp³-hybridized carbons (Fsp3) is 0.316. The van der Waals surface area contributed by atoms with Crippen molar-refractivity contribution in [2.45, 2.75) is 19.9 Å². The summed E-state index contributed by atoms with van der Waals surface area (Å²) in [6.45, 7) is 3.11. The molecule has 2 rings (SSSR count). The molecule has 0 aliphatic heterocycles. The van der Waals surface area contributed by atoms with E-state index < -0.39 is 23.8 Å². The van der Waals surface area contributed by atoms with Crippen LogP contribution in [0.5, 0.6) is 0 Å². The molecule has 150 valence electrons. The third-order valence-corrected chi connectivity index (χ3v) is 5.22. The van der Waals surface area contributed by atoms with Gasteiger partial charge in [-0.2, -0.15) is 0 Å². The molecule has 5 N–H and O–H groups in total. The number of carbonyl (C=O) groups excluding carboxylic acids is 3. The second-order valence-corrected chi connectivity index (χ2v) is 6.94. The Kier molecular flexibility index (Phi) is 7.68. The Labute approximate surface area is 166 Å². The molecule has 1 atom stereocenters. The van der Waals surface area contributed by atoms with E-state index in [2.05, 4.69) is 10.6 Å². The van der Waals surface area contributed by atoms with Gasteiger partial charge in [0.1, 0.15) is 5.00 Å². The number of benzene rings is 1. The van der Waals surface area contributed by atoms with Crippen molar-refractivity contribution >= 4 is 34.1 Å². The fourth-order valence-electron chi connectivity index (χ4n) is 2.65. The lowest BCUT2D eigenvalue weighted by molar-refractivity contribution is -0.115. The van der Waals surface area contributed by atoms with Gasteiger partial charge in [-0.1, -0.05) is 30.3 Å². The summed E-state index contributed by atoms with van der Waals surface area (Å²) in [6.07, 6.45) is 0. The van der Waals surface area contributed by atoms with Crippen LogP contribution in [0.15, 0.2) is 30.3 Å². The van der Waals surface area contributed by atoms with Crippen molar-refractivity contribution in [2.24, 2.45) is 5.73 Å². The molecule has 9 heteroatoms. The maximum atomic E-state index is 12.4. The van der Waals surface area contributed by atoms with Gasteiger partial charge >= 0.3 is 5.97 Å². The number of rotatable bonds is 9. The van der Waals surface area contributed by atoms with Gasteiger partial charge in [0.25, 0.3) is 5.91 Å². The molecular weight excluding hydrogens is 382 g/mol. The molecule has 1 aromatic heterocycles. The first-order chi connectivity index (χ1) is 13.4. The van der Waals surface area contributed by atoms with Crippen LogP contribution in [0.3, 0.4) is 0 Å². The van der Waals surface area contributed by atoms with Crippen molar-refractivity contribution in [1.29, 1.82) is 0 Å². The first-order valence-electron chi connectivity index (χ1n) is 8.68. The van der Waals surface area contributed by atoms with Gasteiger partial charge in [0.15, 0.2) is 0 Å². The number of esters is 1. The van der Waals surface area contributed by atoms with Gasteiger partial charge in [-0.05, 0) is 25.0 Å². The van der Waals surface area contributed by atoms with Crippen LogP contribution in [0, 0.1) is 6.92 Å². The van der Waals surface area contributed by atoms with Crippen LogP contribution in [-0.4, -0.2) is 42.6 Å². The molecule has 0 fully saturated rings. The standard InChI is InChI=1S/C19H23N3O5S/c1-3-27-19(26)15-11(2)16(17(20)25)28-18(15)22-14(24)9-21-13(10-23)12-7-5-4-6-8-12/h4-8,13,21,23H,3,9-10H2,1-2H3,(H2,20,25)(H,22,24). The molecule has 0 saturated carbocycles. The predicted octanol–water partition coefficient (Wildman–Crippen LogP) is 1.59. The van der Waals surface area contributed by atoms with E-state index in [-0.39, 0.29) is 35.2 Å². The molecule has 2 amide bonds. The van der Waals surface area contributed by atoms with Crippen molar-refractivity contribution in [3.8, 4) is 0 Å². The molecule has 1 unspecified atom stereocenters. The summed E-state index contributed by atoms with van der Waals surface area (Å²) in [4.78, 5) is 36.4. The lowest BCUT2D eigenvalue weighted by Gasteiger charge is -2.16. The quantitative estimate of drug-likeness (QED) is 0.469. The van der Waals surface area contributed by atoms with Crippen LogP contribution < -0.4 is 16.4 Å². The fourth-order valence-corrected chi connectivity index (χ4v) is 3.71. The number of thiophene rings is 1. The highest BCUT2D eigenvalue weighted by molar-refractivity contribution is 7.18. The average molecular weight is 405 g/mol. The highest BCUT2D eigenvalue weighted by Crippen LogP contribution is 2.33. The van der Waals surface area contributed by atoms with Crippen molar-refractivity contribution in [3.05, 3.63) is 51.9 Å². The highest BCUT2D eigenvalue weighted by atomic mass is 32.1. The summed E-state index contributed by atoms with van der Waals surface area (Å²) in [6, 6.07) is 8.80. The van der Waals surface area contributed by atoms with Crippen LogP contribution in [0.1, 0.15) is 44.1 Å². The van der Waals surface area contributed by atoms with E-state index in [1.54, 1.807) is 13.8 Å². The maximum Gasteiger partial charge on any atom is 0.341 e. The van der Waals surface area contributed by atoms with Gasteiger partial charge in [0.05, 0.1) is 36.2 Å². The molecular formula is C19H23N3O5S. The minimum absolute atomic E-state index is 0.106. The third-order valence-electron chi connectivity index (χ3n) is 4.00. The SMILES string of the molecule is CCOC(=O)c1c(NC(=O)CNC(CO)c2ccccc2)sc(C(N)=O)c1C. The number of nitrogens with two attached hydrogens (primary N) is 1. The molecule has 0 aliphatic carbocycles. The van der Waals surface area contributed by atoms with Crippen molar-refractivity contribution in [1.82, 2.24) is 5.32 Å². The van der Waals surface area contributed by atoms with E-state index in [0.29, 0.717) is 5.56 Å². The Bertz CT molecular complexity index is 851. The van der Waals surface area contributed by atoms with Crippen LogP contribution in [-0.2, 0) is 9.53 Å². The van der Waals surface area contributed by atoms with E-state index in [1.165, 1.54) is 0 Å². The van der Waals surface area contributed by atoms with E-state index in [9.17, 15) is 19.5 Å². The second-order valence-electron chi connectivity index (χ2n) is 5.92. The first kappa shape index (κ1) is 21.5. The lowest BCUT2D eigenvalue weighted by Crippen LogP contribution is -2.33. The number of ether oxygens (including phenoxy) is 1. The van der Waals surface area contributed by atoms with Crippen molar-refractivity contribution < 1.29 is 24.2 Å². The normalized spacial score (nSPS) is 11.7. The largest absolute Gasteiger partial charge is 0.462 e. The van der Waals surface area contributed by atoms with Crippen LogP contribution in [0.4, 0.5) is 5.00 Å². The Morgan fingerprint density at radius 2 is 1.93 bits per heavy atom. The zero-order chi connectivity index (χ0) is 20.7. The summed E-state index contributed by atoms with van der Waals surface area (Å²) in [5, 5.41) is 15.3. The summed E-state index contributed by atoms with van der Waals surface area (Å²) in [7, 11) is 0. The molecule has 0 saturated heterocycles. The van der Waals surface area contributed by atoms with Crippen molar-refractivity contribution in [3.63, 3.8) is 0 Å². The predicted molar refractivity (Wildman–Crippen MR) is 106 cm³/mol. The van der Waals surface area contributed by atoms with Gasteiger partial charge in [0.2, 0.25) is 5.91 Å². The zero-order valence-electron chi connectivity index (χ0n) is 15.7. The van der Waals surface area contributed by atoms with Gasteiger partial charge in [-0.25, -0.2) is 4.79 Å². The molecule has 1 aromatic carbocycles. The van der Waals surface area contributed by atoms with E-state index in [4.69, 9.17) is 10.5 Å². The Balaban J connectivity index is 2.13. The minimum atomic E-state index is -0.684. The number of hydrogen-bond donors (Lipinski definition) is 4. The third kappa shape index (κ3) is 5.16. The number of aliphatic hydroxyl groups excluding tert-OH is 1. The summed E-state index contributed by atoms with van der Waals surface area (Å²) in [5.74, 6) is -1.75. The lowest BCUT2D eigenvalue weighted by atomic mass is 10.1. The van der Waals surface area contributed by atoms with E-state index >= 15 is 0 Å². The molecule has 0 bridgehead atoms. The highest BCUT2D eigenvalue weighted by Gasteiger charge is 2.25. The molecule has 0 spiro atoms. The number of amides is 2. The monoisotopic (exact) mass is 405 g/mol. The number of carbonyl (C=O) groups is 3. The first-order valence-corrected chi connectivity index (χ1v) is 9.50. The number of nitrogens with one attached hydrogen (secondary N) is 2. The van der Waals surface area contributed by atoms with Crippen molar-refractivity contribution in [2.75, 3.05) is 25.1 Å². The van der Waals surface area contributed by atoms with E-state index in [1.807, 2.05) is 30.3 Å². The van der Waals surface area contributed by atoms with Gasteiger partial charge in [0, 0.05) is 0 Å². The van der Waals surface area contributed by atoms with E-state index in [0.717, 1.165) is 16.9 Å². The molecule has 1 heterocycles. The molecule has 8 nitrogen and oxygen atoms in total. The van der Waals surface area contributed by atoms with Gasteiger partial charge in [-0.15, -0.1) is 11.3 Å². The molecule has 0 aliphatic rings. The second kappa shape index (κ2) is 9.98. The van der Waals surface area contributed by atoms with Gasteiger partial charge < -0.3 is 20.9 Å². The maximum absolute atomic E-state index is 12.4. The summed E-state index contributed by atoms with van der Waals surface area (Å²) >= 11 is 0.929. The molecule has 0 radical (unpaired) electrons. The van der Waals surface area contributed by atoms with Crippen LogP contribution in [0.2, 0.25) is 0 Å². The van der Waals surface area contributed by atoms with Crippen LogP contribution in [0.25, 0.3) is 0 Å². The molecule has 2 aromatic rings. The van der Waals surface area contributed by atoms with Crippen LogP contribution >= 0.6 is 11.3 Å². The summed E-state index contributed by atoms with van der Waals surface area (Å²) < 4.78 is 5.01. The number of anilines is 1. The average Bonchev–Trinajstić information content (AvgIpc) is 2.99. The topological polar surface area (TPSA) is 131 Å². The number of hydrogen-bond acceptors (Lipinski definition) is 7. The Morgan fingerprint density at radius 1 is 1.25 bits per heavy atom. The molecule has 28 heavy (non-hydrogen) atoms.